The highest BCUT2D eigenvalue weighted by molar-refractivity contribution is 5.96. The smallest absolute Gasteiger partial charge is 0.258 e. The van der Waals surface area contributed by atoms with Gasteiger partial charge in [-0.3, -0.25) is 9.59 Å². The van der Waals surface area contributed by atoms with E-state index in [9.17, 15) is 9.59 Å². The first kappa shape index (κ1) is 27.5. The van der Waals surface area contributed by atoms with Crippen LogP contribution in [0.15, 0.2) is 6.20 Å². The van der Waals surface area contributed by atoms with Gasteiger partial charge in [0.05, 0.1) is 12.8 Å². The number of ether oxygens (including phenoxy) is 1. The monoisotopic (exact) mass is 527 g/mol. The number of hydrogen-bond acceptors (Lipinski definition) is 5. The van der Waals surface area contributed by atoms with Crippen molar-refractivity contribution in [3.63, 3.8) is 0 Å². The molecule has 0 aromatic carbocycles. The van der Waals surface area contributed by atoms with E-state index in [-0.39, 0.29) is 29.4 Å². The predicted molar refractivity (Wildman–Crippen MR) is 148 cm³/mol. The number of aromatic nitrogens is 2. The lowest BCUT2D eigenvalue weighted by molar-refractivity contribution is -0.142. The van der Waals surface area contributed by atoms with Crippen LogP contribution in [0.2, 0.25) is 0 Å². The Morgan fingerprint density at radius 3 is 2.24 bits per heavy atom. The van der Waals surface area contributed by atoms with Crippen LogP contribution in [0.4, 0.5) is 0 Å². The fourth-order valence-corrected chi connectivity index (χ4v) is 8.07. The van der Waals surface area contributed by atoms with Gasteiger partial charge in [0.25, 0.3) is 5.91 Å². The molecule has 5 aliphatic rings. The van der Waals surface area contributed by atoms with E-state index in [0.29, 0.717) is 36.9 Å². The van der Waals surface area contributed by atoms with Crippen LogP contribution in [0, 0.1) is 29.1 Å². The van der Waals surface area contributed by atoms with E-state index in [2.05, 4.69) is 43.4 Å². The molecule has 2 amide bonds. The molecule has 4 bridgehead atoms. The summed E-state index contributed by atoms with van der Waals surface area (Å²) in [6.07, 6.45) is 9.65. The fraction of sp³-hybridized carbons (Fsp3) is 0.833. The zero-order chi connectivity index (χ0) is 27.2. The van der Waals surface area contributed by atoms with Crippen LogP contribution in [0.3, 0.4) is 0 Å². The molecule has 2 atom stereocenters. The number of nitrogens with zero attached hydrogens (tertiary/aromatic N) is 3. The Kier molecular flexibility index (Phi) is 7.57. The molecule has 1 aromatic heterocycles. The van der Waals surface area contributed by atoms with Crippen LogP contribution in [-0.4, -0.2) is 63.8 Å². The third-order valence-corrected chi connectivity index (χ3v) is 9.38. The van der Waals surface area contributed by atoms with Gasteiger partial charge in [0.1, 0.15) is 5.56 Å². The van der Waals surface area contributed by atoms with Crippen molar-refractivity contribution >= 4 is 11.8 Å². The summed E-state index contributed by atoms with van der Waals surface area (Å²) in [4.78, 5) is 29.1. The minimum atomic E-state index is -0.542. The minimum absolute atomic E-state index is 0.0592. The molecule has 0 unspecified atom stereocenters. The number of aryl methyl sites for hydroxylation is 1. The van der Waals surface area contributed by atoms with Crippen molar-refractivity contribution in [3.8, 4) is 5.88 Å². The van der Waals surface area contributed by atoms with Gasteiger partial charge in [0.2, 0.25) is 11.8 Å². The van der Waals surface area contributed by atoms with Crippen molar-refractivity contribution in [2.75, 3.05) is 19.7 Å². The minimum Gasteiger partial charge on any atom is -0.477 e. The van der Waals surface area contributed by atoms with E-state index in [1.807, 2.05) is 18.7 Å². The average Bonchev–Trinajstić information content (AvgIpc) is 3.22. The van der Waals surface area contributed by atoms with Crippen LogP contribution in [0.5, 0.6) is 5.88 Å². The Morgan fingerprint density at radius 1 is 1.11 bits per heavy atom. The molecule has 5 fully saturated rings. The van der Waals surface area contributed by atoms with Crippen LogP contribution < -0.4 is 15.4 Å². The van der Waals surface area contributed by atoms with Crippen LogP contribution >= 0.6 is 0 Å². The van der Waals surface area contributed by atoms with Crippen molar-refractivity contribution in [2.24, 2.45) is 29.1 Å². The number of piperazine rings is 1. The quantitative estimate of drug-likeness (QED) is 0.502. The molecular weight excluding hydrogens is 478 g/mol. The van der Waals surface area contributed by atoms with E-state index in [1.54, 1.807) is 10.9 Å². The molecule has 8 heteroatoms. The number of hydrogen-bond donors (Lipinski definition) is 2. The maximum atomic E-state index is 13.7. The van der Waals surface area contributed by atoms with Crippen molar-refractivity contribution in [2.45, 2.75) is 111 Å². The van der Waals surface area contributed by atoms with Gasteiger partial charge in [-0.15, -0.1) is 0 Å². The zero-order valence-electron chi connectivity index (χ0n) is 24.4. The molecule has 4 saturated carbocycles. The summed E-state index contributed by atoms with van der Waals surface area (Å²) in [6.45, 7) is 15.0. The highest BCUT2D eigenvalue weighted by Gasteiger charge is 2.51. The van der Waals surface area contributed by atoms with Gasteiger partial charge < -0.3 is 20.3 Å². The molecule has 212 valence electrons. The lowest BCUT2D eigenvalue weighted by atomic mass is 9.53. The third kappa shape index (κ3) is 5.75. The Morgan fingerprint density at radius 2 is 1.68 bits per heavy atom. The van der Waals surface area contributed by atoms with Gasteiger partial charge in [-0.1, -0.05) is 27.7 Å². The Balaban J connectivity index is 1.29. The molecule has 0 radical (unpaired) electrons. The molecule has 4 aliphatic carbocycles. The SMILES string of the molecule is CC(C)COc1c(C(=O)NC23CC4CC(CC(C4)C2)C3)cnn1CCC(C)(C)C(=O)N1C[C@@H](C)N[C@@H](C)C1. The number of carbonyl (C=O) groups is 2. The topological polar surface area (TPSA) is 88.5 Å². The molecule has 2 heterocycles. The summed E-state index contributed by atoms with van der Waals surface area (Å²) in [5.41, 5.74) is -0.0789. The first-order valence-electron chi connectivity index (χ1n) is 15.0. The van der Waals surface area contributed by atoms with Gasteiger partial charge in [-0.25, -0.2) is 4.68 Å². The second-order valence-electron chi connectivity index (χ2n) is 14.3. The van der Waals surface area contributed by atoms with Gasteiger partial charge in [-0.2, -0.15) is 5.10 Å². The van der Waals surface area contributed by atoms with Gasteiger partial charge >= 0.3 is 0 Å². The maximum absolute atomic E-state index is 13.7. The molecule has 1 aromatic rings. The Bertz CT molecular complexity index is 986. The van der Waals surface area contributed by atoms with E-state index >= 15 is 0 Å². The molecule has 1 aliphatic heterocycles. The standard InChI is InChI=1S/C30H49N5O3/c1-19(2)18-38-27-25(26(36)33-30-12-22-9-23(13-30)11-24(10-22)14-30)15-31-35(27)8-7-29(5,6)28(37)34-16-20(3)32-21(4)17-34/h15,19-24,32H,7-14,16-18H2,1-6H3,(H,33,36)/t20-,21+,22?,23?,24?,30?. The van der Waals surface area contributed by atoms with Crippen molar-refractivity contribution in [3.05, 3.63) is 11.8 Å². The second kappa shape index (κ2) is 10.5. The normalized spacial score (nSPS) is 32.6. The van der Waals surface area contributed by atoms with E-state index in [4.69, 9.17) is 4.74 Å². The molecule has 38 heavy (non-hydrogen) atoms. The number of nitrogens with one attached hydrogen (secondary N) is 2. The summed E-state index contributed by atoms with van der Waals surface area (Å²) in [6, 6.07) is 0.575. The number of rotatable bonds is 9. The first-order chi connectivity index (χ1) is 17.9. The lowest BCUT2D eigenvalue weighted by Gasteiger charge is -2.56. The third-order valence-electron chi connectivity index (χ3n) is 9.38. The average molecular weight is 528 g/mol. The van der Waals surface area contributed by atoms with Crippen molar-refractivity contribution in [1.29, 1.82) is 0 Å². The Labute approximate surface area is 228 Å². The van der Waals surface area contributed by atoms with Gasteiger partial charge in [-0.05, 0) is 82.5 Å². The summed E-state index contributed by atoms with van der Waals surface area (Å²) in [7, 11) is 0. The highest BCUT2D eigenvalue weighted by atomic mass is 16.5. The molecule has 1 saturated heterocycles. The highest BCUT2D eigenvalue weighted by Crippen LogP contribution is 2.55. The lowest BCUT2D eigenvalue weighted by Crippen LogP contribution is -2.59. The summed E-state index contributed by atoms with van der Waals surface area (Å²) in [5.74, 6) is 3.28. The molecule has 0 spiro atoms. The first-order valence-corrected chi connectivity index (χ1v) is 15.0. The molecule has 8 nitrogen and oxygen atoms in total. The van der Waals surface area contributed by atoms with Gasteiger partial charge in [0, 0.05) is 42.7 Å². The number of carbonyl (C=O) groups excluding carboxylic acids is 2. The Hall–Kier alpha value is -2.09. The van der Waals surface area contributed by atoms with Crippen LogP contribution in [0.1, 0.15) is 96.8 Å². The van der Waals surface area contributed by atoms with Crippen LogP contribution in [0.25, 0.3) is 0 Å². The predicted octanol–water partition coefficient (Wildman–Crippen LogP) is 4.24. The largest absolute Gasteiger partial charge is 0.477 e. The second-order valence-corrected chi connectivity index (χ2v) is 14.3. The summed E-state index contributed by atoms with van der Waals surface area (Å²) in [5, 5.41) is 11.6. The molecular formula is C30H49N5O3. The molecule has 2 N–H and O–H groups in total. The number of amides is 2. The molecule has 6 rings (SSSR count). The van der Waals surface area contributed by atoms with E-state index < -0.39 is 5.41 Å². The zero-order valence-corrected chi connectivity index (χ0v) is 24.4. The van der Waals surface area contributed by atoms with Crippen molar-refractivity contribution < 1.29 is 14.3 Å². The summed E-state index contributed by atoms with van der Waals surface area (Å²) < 4.78 is 8.02. The maximum Gasteiger partial charge on any atom is 0.258 e. The van der Waals surface area contributed by atoms with Crippen LogP contribution in [-0.2, 0) is 11.3 Å². The van der Waals surface area contributed by atoms with Gasteiger partial charge in [0.15, 0.2) is 0 Å². The van der Waals surface area contributed by atoms with Crippen molar-refractivity contribution in [1.82, 2.24) is 25.3 Å². The van der Waals surface area contributed by atoms with E-state index in [1.165, 1.54) is 19.3 Å². The summed E-state index contributed by atoms with van der Waals surface area (Å²) >= 11 is 0. The van der Waals surface area contributed by atoms with E-state index in [0.717, 1.165) is 50.1 Å². The fourth-order valence-electron chi connectivity index (χ4n) is 8.07.